The predicted octanol–water partition coefficient (Wildman–Crippen LogP) is 1.25. The minimum atomic E-state index is -3.00. The van der Waals surface area contributed by atoms with Gasteiger partial charge in [0.2, 0.25) is 0 Å². The van der Waals surface area contributed by atoms with Crippen molar-refractivity contribution in [2.45, 2.75) is 25.9 Å². The molecule has 0 spiro atoms. The number of hydrogen-bond donors (Lipinski definition) is 0. The zero-order chi connectivity index (χ0) is 17.4. The lowest BCUT2D eigenvalue weighted by molar-refractivity contribution is 0.469. The van der Waals surface area contributed by atoms with E-state index in [1.807, 2.05) is 29.8 Å². The molecule has 4 rings (SSSR count). The molecule has 0 aliphatic carbocycles. The van der Waals surface area contributed by atoms with Gasteiger partial charge in [0.25, 0.3) is 0 Å². The van der Waals surface area contributed by atoms with Gasteiger partial charge in [0.1, 0.15) is 11.6 Å². The average molecular weight is 358 g/mol. The fraction of sp³-hybridized carbons (Fsp3) is 0.375. The van der Waals surface area contributed by atoms with Crippen molar-refractivity contribution in [2.24, 2.45) is 0 Å². The average Bonchev–Trinajstić information content (AvgIpc) is 3.28. The number of imidazole rings is 1. The Kier molecular flexibility index (Phi) is 3.87. The summed E-state index contributed by atoms with van der Waals surface area (Å²) in [6.45, 7) is 2.42. The summed E-state index contributed by atoms with van der Waals surface area (Å²) in [5, 5.41) is 4.62. The van der Waals surface area contributed by atoms with Crippen molar-refractivity contribution >= 4 is 9.84 Å². The predicted molar refractivity (Wildman–Crippen MR) is 91.6 cm³/mol. The molecule has 3 aromatic heterocycles. The maximum absolute atomic E-state index is 11.9. The summed E-state index contributed by atoms with van der Waals surface area (Å²) in [5.74, 6) is 2.50. The maximum Gasteiger partial charge on any atom is 0.181 e. The van der Waals surface area contributed by atoms with Crippen LogP contribution in [0.25, 0.3) is 11.4 Å². The van der Waals surface area contributed by atoms with E-state index in [2.05, 4.69) is 20.1 Å². The minimum Gasteiger partial charge on any atom is -0.328 e. The molecule has 0 radical (unpaired) electrons. The Labute approximate surface area is 145 Å². The van der Waals surface area contributed by atoms with Crippen LogP contribution in [0, 0.1) is 6.92 Å². The zero-order valence-electron chi connectivity index (χ0n) is 13.8. The lowest BCUT2D eigenvalue weighted by Gasteiger charge is -2.12. The highest BCUT2D eigenvalue weighted by molar-refractivity contribution is 7.91. The first-order valence-corrected chi connectivity index (χ1v) is 9.88. The third-order valence-electron chi connectivity index (χ3n) is 4.43. The summed E-state index contributed by atoms with van der Waals surface area (Å²) in [5.41, 5.74) is 0.859. The highest BCUT2D eigenvalue weighted by atomic mass is 32.2. The van der Waals surface area contributed by atoms with Gasteiger partial charge in [0, 0.05) is 30.4 Å². The second-order valence-corrected chi connectivity index (χ2v) is 8.42. The fourth-order valence-electron chi connectivity index (χ4n) is 3.07. The molecule has 1 atom stereocenters. The summed E-state index contributed by atoms with van der Waals surface area (Å²) in [4.78, 5) is 12.9. The van der Waals surface area contributed by atoms with Crippen LogP contribution in [-0.2, 0) is 16.4 Å². The molecule has 1 fully saturated rings. The Bertz CT molecular complexity index is 993. The van der Waals surface area contributed by atoms with E-state index >= 15 is 0 Å². The van der Waals surface area contributed by atoms with Crippen molar-refractivity contribution in [1.29, 1.82) is 0 Å². The van der Waals surface area contributed by atoms with Crippen LogP contribution in [0.1, 0.15) is 24.1 Å². The van der Waals surface area contributed by atoms with Gasteiger partial charge >= 0.3 is 0 Å². The molecule has 0 saturated carbocycles. The molecule has 9 heteroatoms. The third-order valence-corrected chi connectivity index (χ3v) is 6.18. The topological polar surface area (TPSA) is 95.6 Å². The van der Waals surface area contributed by atoms with Gasteiger partial charge in [0.05, 0.1) is 24.1 Å². The Hall–Kier alpha value is -2.55. The SMILES string of the molecule is Cc1nccn1Cc1nc(-c2ccncc2)nn1[C@@H]1CCS(=O)(=O)C1. The lowest BCUT2D eigenvalue weighted by Crippen LogP contribution is -2.17. The zero-order valence-corrected chi connectivity index (χ0v) is 14.6. The third kappa shape index (κ3) is 3.19. The molecule has 0 amide bonds. The number of aryl methyl sites for hydroxylation is 1. The molecule has 8 nitrogen and oxygen atoms in total. The van der Waals surface area contributed by atoms with Crippen molar-refractivity contribution in [2.75, 3.05) is 11.5 Å². The van der Waals surface area contributed by atoms with E-state index in [1.54, 1.807) is 23.3 Å². The van der Waals surface area contributed by atoms with Crippen LogP contribution in [0.2, 0.25) is 0 Å². The van der Waals surface area contributed by atoms with Gasteiger partial charge < -0.3 is 4.57 Å². The second kappa shape index (κ2) is 6.07. The Morgan fingerprint density at radius 2 is 2.04 bits per heavy atom. The van der Waals surface area contributed by atoms with E-state index in [1.165, 1.54) is 0 Å². The van der Waals surface area contributed by atoms with Gasteiger partial charge in [-0.05, 0) is 25.5 Å². The van der Waals surface area contributed by atoms with Crippen molar-refractivity contribution in [3.8, 4) is 11.4 Å². The molecule has 1 aliphatic heterocycles. The Balaban J connectivity index is 1.75. The van der Waals surface area contributed by atoms with E-state index in [0.717, 1.165) is 17.2 Å². The van der Waals surface area contributed by atoms with Crippen molar-refractivity contribution in [1.82, 2.24) is 29.3 Å². The van der Waals surface area contributed by atoms with Crippen LogP contribution >= 0.6 is 0 Å². The molecule has 1 saturated heterocycles. The monoisotopic (exact) mass is 358 g/mol. The molecule has 25 heavy (non-hydrogen) atoms. The molecule has 1 aliphatic rings. The highest BCUT2D eigenvalue weighted by Crippen LogP contribution is 2.26. The normalized spacial score (nSPS) is 19.3. The highest BCUT2D eigenvalue weighted by Gasteiger charge is 2.32. The van der Waals surface area contributed by atoms with Crippen LogP contribution in [0.5, 0.6) is 0 Å². The summed E-state index contributed by atoms with van der Waals surface area (Å²) >= 11 is 0. The van der Waals surface area contributed by atoms with Gasteiger partial charge in [-0.25, -0.2) is 23.1 Å². The number of hydrogen-bond acceptors (Lipinski definition) is 6. The molecule has 4 heterocycles. The van der Waals surface area contributed by atoms with E-state index in [-0.39, 0.29) is 17.5 Å². The van der Waals surface area contributed by atoms with Crippen LogP contribution < -0.4 is 0 Å². The summed E-state index contributed by atoms with van der Waals surface area (Å²) in [7, 11) is -3.00. The molecule has 0 aromatic carbocycles. The molecule has 3 aromatic rings. The molecular formula is C16H18N6O2S. The Morgan fingerprint density at radius 3 is 2.68 bits per heavy atom. The maximum atomic E-state index is 11.9. The first kappa shape index (κ1) is 15.9. The fourth-order valence-corrected chi connectivity index (χ4v) is 4.76. The minimum absolute atomic E-state index is 0.113. The summed E-state index contributed by atoms with van der Waals surface area (Å²) in [6, 6.07) is 3.51. The Morgan fingerprint density at radius 1 is 1.24 bits per heavy atom. The first-order chi connectivity index (χ1) is 12.0. The van der Waals surface area contributed by atoms with Gasteiger partial charge in [0.15, 0.2) is 15.7 Å². The van der Waals surface area contributed by atoms with Crippen molar-refractivity contribution < 1.29 is 8.42 Å². The van der Waals surface area contributed by atoms with Crippen LogP contribution in [0.15, 0.2) is 36.9 Å². The molecular weight excluding hydrogens is 340 g/mol. The number of nitrogens with zero attached hydrogens (tertiary/aromatic N) is 6. The first-order valence-electron chi connectivity index (χ1n) is 8.06. The van der Waals surface area contributed by atoms with Crippen LogP contribution in [-0.4, -0.2) is 49.2 Å². The van der Waals surface area contributed by atoms with Gasteiger partial charge in [-0.1, -0.05) is 0 Å². The summed E-state index contributed by atoms with van der Waals surface area (Å²) in [6.07, 6.45) is 7.56. The van der Waals surface area contributed by atoms with Crippen LogP contribution in [0.3, 0.4) is 0 Å². The van der Waals surface area contributed by atoms with Gasteiger partial charge in [-0.15, -0.1) is 0 Å². The molecule has 130 valence electrons. The number of pyridine rings is 1. The van der Waals surface area contributed by atoms with E-state index in [9.17, 15) is 8.42 Å². The van der Waals surface area contributed by atoms with Gasteiger partial charge in [-0.3, -0.25) is 4.98 Å². The standard InChI is InChI=1S/C16H18N6O2S/c1-12-18-7-8-21(12)10-15-19-16(13-2-5-17-6-3-13)20-22(15)14-4-9-25(23,24)11-14/h2-3,5-8,14H,4,9-11H2,1H3/t14-/m1/s1. The van der Waals surface area contributed by atoms with E-state index < -0.39 is 9.84 Å². The quantitative estimate of drug-likeness (QED) is 0.696. The van der Waals surface area contributed by atoms with Gasteiger partial charge in [-0.2, -0.15) is 5.10 Å². The van der Waals surface area contributed by atoms with E-state index in [0.29, 0.717) is 18.8 Å². The molecule has 0 unspecified atom stereocenters. The summed E-state index contributed by atoms with van der Waals surface area (Å²) < 4.78 is 27.5. The number of sulfone groups is 1. The second-order valence-electron chi connectivity index (χ2n) is 6.19. The number of aromatic nitrogens is 6. The van der Waals surface area contributed by atoms with Crippen molar-refractivity contribution in [3.63, 3.8) is 0 Å². The lowest BCUT2D eigenvalue weighted by atomic mass is 10.2. The number of rotatable bonds is 4. The van der Waals surface area contributed by atoms with Crippen molar-refractivity contribution in [3.05, 3.63) is 48.6 Å². The van der Waals surface area contributed by atoms with E-state index in [4.69, 9.17) is 0 Å². The molecule has 0 N–H and O–H groups in total. The smallest absolute Gasteiger partial charge is 0.181 e. The largest absolute Gasteiger partial charge is 0.328 e. The molecule has 0 bridgehead atoms. The van der Waals surface area contributed by atoms with Crippen LogP contribution in [0.4, 0.5) is 0 Å².